The second kappa shape index (κ2) is 3.68. The van der Waals surface area contributed by atoms with Crippen molar-refractivity contribution in [1.82, 2.24) is 5.32 Å². The van der Waals surface area contributed by atoms with Crippen LogP contribution in [0, 0.1) is 5.92 Å². The number of aldehydes is 1. The Labute approximate surface area is 60.7 Å². The van der Waals surface area contributed by atoms with Crippen molar-refractivity contribution in [2.24, 2.45) is 5.92 Å². The smallest absolute Gasteiger partial charge is 0.124 e. The normalized spacial score (nSPS) is 33.7. The van der Waals surface area contributed by atoms with Crippen LogP contribution in [0.5, 0.6) is 0 Å². The zero-order valence-corrected chi connectivity index (χ0v) is 6.17. The first-order chi connectivity index (χ1) is 4.88. The lowest BCUT2D eigenvalue weighted by Crippen LogP contribution is -2.42. The maximum atomic E-state index is 10.4. The number of ether oxygens (including phenoxy) is 1. The van der Waals surface area contributed by atoms with Crippen LogP contribution in [-0.2, 0) is 9.53 Å². The molecule has 58 valence electrons. The molecule has 0 spiro atoms. The van der Waals surface area contributed by atoms with Gasteiger partial charge in [-0.05, 0) is 13.5 Å². The number of hydrogen-bond donors (Lipinski definition) is 1. The molecule has 1 aliphatic heterocycles. The van der Waals surface area contributed by atoms with Gasteiger partial charge in [-0.25, -0.2) is 0 Å². The summed E-state index contributed by atoms with van der Waals surface area (Å²) in [5.41, 5.74) is 0. The van der Waals surface area contributed by atoms with Crippen LogP contribution < -0.4 is 5.32 Å². The molecule has 3 nitrogen and oxygen atoms in total. The van der Waals surface area contributed by atoms with Gasteiger partial charge in [0.2, 0.25) is 0 Å². The van der Waals surface area contributed by atoms with Crippen LogP contribution >= 0.6 is 0 Å². The van der Waals surface area contributed by atoms with E-state index in [1.165, 1.54) is 0 Å². The van der Waals surface area contributed by atoms with Crippen LogP contribution in [0.1, 0.15) is 6.42 Å². The van der Waals surface area contributed by atoms with Crippen molar-refractivity contribution in [2.45, 2.75) is 12.5 Å². The zero-order chi connectivity index (χ0) is 7.40. The van der Waals surface area contributed by atoms with Gasteiger partial charge in [-0.15, -0.1) is 0 Å². The summed E-state index contributed by atoms with van der Waals surface area (Å²) in [6, 6.07) is 0.228. The Hall–Kier alpha value is -0.410. The van der Waals surface area contributed by atoms with Gasteiger partial charge in [0.25, 0.3) is 0 Å². The van der Waals surface area contributed by atoms with Crippen LogP contribution in [0.15, 0.2) is 0 Å². The highest BCUT2D eigenvalue weighted by Crippen LogP contribution is 2.11. The number of carbonyl (C=O) groups excluding carboxylic acids is 1. The van der Waals surface area contributed by atoms with E-state index in [2.05, 4.69) is 5.32 Å². The van der Waals surface area contributed by atoms with Crippen molar-refractivity contribution in [3.63, 3.8) is 0 Å². The fourth-order valence-electron chi connectivity index (χ4n) is 1.21. The number of hydrogen-bond acceptors (Lipinski definition) is 3. The van der Waals surface area contributed by atoms with E-state index in [0.29, 0.717) is 6.61 Å². The van der Waals surface area contributed by atoms with Gasteiger partial charge < -0.3 is 14.8 Å². The Morgan fingerprint density at radius 2 is 2.50 bits per heavy atom. The molecule has 0 aromatic heterocycles. The van der Waals surface area contributed by atoms with Crippen LogP contribution in [-0.4, -0.2) is 32.6 Å². The SMILES string of the molecule is CNC1COCCC1C=O. The van der Waals surface area contributed by atoms with Gasteiger partial charge in [-0.3, -0.25) is 0 Å². The third-order valence-electron chi connectivity index (χ3n) is 1.96. The van der Waals surface area contributed by atoms with Crippen molar-refractivity contribution >= 4 is 6.29 Å². The van der Waals surface area contributed by atoms with Gasteiger partial charge in [0.15, 0.2) is 0 Å². The molecule has 0 amide bonds. The minimum absolute atomic E-state index is 0.152. The van der Waals surface area contributed by atoms with Gasteiger partial charge in [-0.2, -0.15) is 0 Å². The van der Waals surface area contributed by atoms with E-state index in [0.717, 1.165) is 19.3 Å². The molecular weight excluding hydrogens is 130 g/mol. The third-order valence-corrected chi connectivity index (χ3v) is 1.96. The minimum Gasteiger partial charge on any atom is -0.380 e. The predicted octanol–water partition coefficient (Wildman–Crippen LogP) is -0.190. The van der Waals surface area contributed by atoms with Gasteiger partial charge >= 0.3 is 0 Å². The molecule has 0 bridgehead atoms. The first-order valence-electron chi connectivity index (χ1n) is 3.58. The standard InChI is InChI=1S/C7H13NO2/c1-8-7-5-10-3-2-6(7)4-9/h4,6-8H,2-3,5H2,1H3. The van der Waals surface area contributed by atoms with Crippen molar-refractivity contribution < 1.29 is 9.53 Å². The molecule has 0 aromatic rings. The predicted molar refractivity (Wildman–Crippen MR) is 37.8 cm³/mol. The average Bonchev–Trinajstić information content (AvgIpc) is 2.04. The topological polar surface area (TPSA) is 38.3 Å². The van der Waals surface area contributed by atoms with Crippen molar-refractivity contribution in [1.29, 1.82) is 0 Å². The van der Waals surface area contributed by atoms with Gasteiger partial charge in [0.05, 0.1) is 6.61 Å². The van der Waals surface area contributed by atoms with Crippen LogP contribution in [0.25, 0.3) is 0 Å². The van der Waals surface area contributed by atoms with Gasteiger partial charge in [0.1, 0.15) is 6.29 Å². The largest absolute Gasteiger partial charge is 0.380 e. The lowest BCUT2D eigenvalue weighted by molar-refractivity contribution is -0.114. The summed E-state index contributed by atoms with van der Waals surface area (Å²) in [5, 5.41) is 3.05. The highest BCUT2D eigenvalue weighted by molar-refractivity contribution is 5.55. The molecular formula is C7H13NO2. The van der Waals surface area contributed by atoms with E-state index in [4.69, 9.17) is 4.74 Å². The number of carbonyl (C=O) groups is 1. The lowest BCUT2D eigenvalue weighted by Gasteiger charge is -2.26. The Kier molecular flexibility index (Phi) is 2.83. The lowest BCUT2D eigenvalue weighted by atomic mass is 9.97. The molecule has 1 rings (SSSR count). The summed E-state index contributed by atoms with van der Waals surface area (Å²) in [7, 11) is 1.86. The minimum atomic E-state index is 0.152. The number of likely N-dealkylation sites (N-methyl/N-ethyl adjacent to an activating group) is 1. The van der Waals surface area contributed by atoms with E-state index in [-0.39, 0.29) is 12.0 Å². The first kappa shape index (κ1) is 7.69. The van der Waals surface area contributed by atoms with Gasteiger partial charge in [0, 0.05) is 18.6 Å². The summed E-state index contributed by atoms with van der Waals surface area (Å²) < 4.78 is 5.18. The quantitative estimate of drug-likeness (QED) is 0.544. The average molecular weight is 143 g/mol. The molecule has 0 radical (unpaired) electrons. The fraction of sp³-hybridized carbons (Fsp3) is 0.857. The summed E-state index contributed by atoms with van der Waals surface area (Å²) in [6.45, 7) is 1.39. The molecule has 1 aliphatic rings. The molecule has 1 saturated heterocycles. The maximum absolute atomic E-state index is 10.4. The summed E-state index contributed by atoms with van der Waals surface area (Å²) in [5.74, 6) is 0.152. The molecule has 0 aromatic carbocycles. The number of rotatable bonds is 2. The maximum Gasteiger partial charge on any atom is 0.124 e. The second-order valence-corrected chi connectivity index (χ2v) is 2.56. The molecule has 3 heteroatoms. The van der Waals surface area contributed by atoms with E-state index in [9.17, 15) is 4.79 Å². The van der Waals surface area contributed by atoms with E-state index >= 15 is 0 Å². The molecule has 1 N–H and O–H groups in total. The Bertz CT molecular complexity index is 116. The molecule has 1 fully saturated rings. The van der Waals surface area contributed by atoms with E-state index in [1.807, 2.05) is 7.05 Å². The number of nitrogens with one attached hydrogen (secondary N) is 1. The third kappa shape index (κ3) is 1.55. The van der Waals surface area contributed by atoms with Gasteiger partial charge in [-0.1, -0.05) is 0 Å². The molecule has 0 aliphatic carbocycles. The van der Waals surface area contributed by atoms with Crippen LogP contribution in [0.4, 0.5) is 0 Å². The van der Waals surface area contributed by atoms with Crippen LogP contribution in [0.2, 0.25) is 0 Å². The van der Waals surface area contributed by atoms with Crippen molar-refractivity contribution in [2.75, 3.05) is 20.3 Å². The Morgan fingerprint density at radius 3 is 3.00 bits per heavy atom. The Balaban J connectivity index is 2.41. The van der Waals surface area contributed by atoms with Crippen LogP contribution in [0.3, 0.4) is 0 Å². The first-order valence-corrected chi connectivity index (χ1v) is 3.58. The summed E-state index contributed by atoms with van der Waals surface area (Å²) in [4.78, 5) is 10.4. The fourth-order valence-corrected chi connectivity index (χ4v) is 1.21. The molecule has 10 heavy (non-hydrogen) atoms. The van der Waals surface area contributed by atoms with Crippen molar-refractivity contribution in [3.05, 3.63) is 0 Å². The van der Waals surface area contributed by atoms with Crippen molar-refractivity contribution in [3.8, 4) is 0 Å². The summed E-state index contributed by atoms with van der Waals surface area (Å²) in [6.07, 6.45) is 1.87. The second-order valence-electron chi connectivity index (χ2n) is 2.56. The molecule has 2 unspecified atom stereocenters. The van der Waals surface area contributed by atoms with E-state index < -0.39 is 0 Å². The highest BCUT2D eigenvalue weighted by atomic mass is 16.5. The monoisotopic (exact) mass is 143 g/mol. The molecule has 0 saturated carbocycles. The highest BCUT2D eigenvalue weighted by Gasteiger charge is 2.23. The molecule has 1 heterocycles. The zero-order valence-electron chi connectivity index (χ0n) is 6.17. The Morgan fingerprint density at radius 1 is 1.70 bits per heavy atom. The van der Waals surface area contributed by atoms with E-state index in [1.54, 1.807) is 0 Å². The molecule has 2 atom stereocenters. The summed E-state index contributed by atoms with van der Waals surface area (Å²) >= 11 is 0.